The molecule has 0 aliphatic rings. The molecule has 3 rings (SSSR count). The summed E-state index contributed by atoms with van der Waals surface area (Å²) in [6.07, 6.45) is 0. The fourth-order valence-corrected chi connectivity index (χ4v) is 3.30. The normalized spacial score (nSPS) is 13.3. The van der Waals surface area contributed by atoms with Crippen molar-refractivity contribution in [1.82, 2.24) is 4.90 Å². The van der Waals surface area contributed by atoms with Crippen molar-refractivity contribution < 1.29 is 9.69 Å². The highest BCUT2D eigenvalue weighted by Crippen LogP contribution is 2.15. The molecule has 0 spiro atoms. The molecule has 0 heterocycles. The first kappa shape index (κ1) is 18.2. The lowest BCUT2D eigenvalue weighted by atomic mass is 10.1. The van der Waals surface area contributed by atoms with Gasteiger partial charge in [0.15, 0.2) is 6.04 Å². The molecular weight excluding hydrogens is 320 g/mol. The number of carbonyl (C=O) groups excluding carboxylic acids is 1. The van der Waals surface area contributed by atoms with Gasteiger partial charge in [-0.25, -0.2) is 0 Å². The van der Waals surface area contributed by atoms with E-state index in [1.807, 2.05) is 37.1 Å². The number of fused-ring (bicyclic) bond motifs is 1. The Morgan fingerprint density at radius 1 is 0.923 bits per heavy atom. The minimum Gasteiger partial charge on any atom is -0.336 e. The molecular formula is C23H27N2O+. The Labute approximate surface area is 155 Å². The summed E-state index contributed by atoms with van der Waals surface area (Å²) in [6, 6.07) is 25.0. The average Bonchev–Trinajstić information content (AvgIpc) is 2.67. The number of nitrogens with zero attached hydrogens (tertiary/aromatic N) is 1. The first-order valence-corrected chi connectivity index (χ1v) is 9.13. The molecule has 3 aromatic carbocycles. The van der Waals surface area contributed by atoms with Gasteiger partial charge in [0, 0.05) is 19.2 Å². The molecule has 0 aliphatic heterocycles. The number of carbonyl (C=O) groups is 1. The number of hydrogen-bond acceptors (Lipinski definition) is 1. The van der Waals surface area contributed by atoms with Gasteiger partial charge < -0.3 is 9.80 Å². The Morgan fingerprint density at radius 3 is 2.31 bits per heavy atom. The minimum absolute atomic E-state index is 0.0878. The second-order valence-electron chi connectivity index (χ2n) is 7.11. The summed E-state index contributed by atoms with van der Waals surface area (Å²) in [4.78, 5) is 15.8. The Hall–Kier alpha value is -2.65. The van der Waals surface area contributed by atoms with E-state index in [4.69, 9.17) is 0 Å². The number of amides is 1. The standard InChI is InChI=1S/C23H26N2O/c1-18(23(26)25(3)16-19-9-5-4-6-10-19)24(2)17-20-13-14-21-11-7-8-12-22(21)15-20/h4-15,18H,16-17H2,1-3H3/p+1/t18-/m1/s1. The zero-order valence-corrected chi connectivity index (χ0v) is 15.8. The predicted octanol–water partition coefficient (Wildman–Crippen LogP) is 2.90. The summed E-state index contributed by atoms with van der Waals surface area (Å²) in [5, 5.41) is 2.50. The van der Waals surface area contributed by atoms with Crippen molar-refractivity contribution >= 4 is 16.7 Å². The van der Waals surface area contributed by atoms with Crippen molar-refractivity contribution in [3.63, 3.8) is 0 Å². The molecule has 3 heteroatoms. The predicted molar refractivity (Wildman–Crippen MR) is 107 cm³/mol. The van der Waals surface area contributed by atoms with Crippen molar-refractivity contribution in [1.29, 1.82) is 0 Å². The Kier molecular flexibility index (Phi) is 5.69. The first-order valence-electron chi connectivity index (χ1n) is 9.13. The van der Waals surface area contributed by atoms with Crippen LogP contribution in [0.15, 0.2) is 72.8 Å². The maximum Gasteiger partial charge on any atom is 0.280 e. The number of likely N-dealkylation sites (N-methyl/N-ethyl adjacent to an activating group) is 2. The van der Waals surface area contributed by atoms with Gasteiger partial charge >= 0.3 is 0 Å². The van der Waals surface area contributed by atoms with Crippen LogP contribution in [0.4, 0.5) is 0 Å². The second-order valence-corrected chi connectivity index (χ2v) is 7.11. The third kappa shape index (κ3) is 4.30. The maximum absolute atomic E-state index is 12.8. The largest absolute Gasteiger partial charge is 0.336 e. The van der Waals surface area contributed by atoms with E-state index in [1.54, 1.807) is 0 Å². The van der Waals surface area contributed by atoms with Crippen LogP contribution in [0.5, 0.6) is 0 Å². The van der Waals surface area contributed by atoms with Crippen LogP contribution < -0.4 is 4.90 Å². The molecule has 0 bridgehead atoms. The summed E-state index contributed by atoms with van der Waals surface area (Å²) < 4.78 is 0. The third-order valence-corrected chi connectivity index (χ3v) is 5.05. The van der Waals surface area contributed by atoms with E-state index in [0.717, 1.165) is 12.1 Å². The van der Waals surface area contributed by atoms with E-state index < -0.39 is 0 Å². The van der Waals surface area contributed by atoms with Crippen LogP contribution in [0, 0.1) is 0 Å². The third-order valence-electron chi connectivity index (χ3n) is 5.05. The molecule has 26 heavy (non-hydrogen) atoms. The smallest absolute Gasteiger partial charge is 0.280 e. The summed E-state index contributed by atoms with van der Waals surface area (Å²) in [7, 11) is 3.98. The lowest BCUT2D eigenvalue weighted by Crippen LogP contribution is -3.12. The molecule has 1 unspecified atom stereocenters. The fraction of sp³-hybridized carbons (Fsp3) is 0.261. The van der Waals surface area contributed by atoms with Gasteiger partial charge in [-0.1, -0.05) is 66.7 Å². The summed E-state index contributed by atoms with van der Waals surface area (Å²) in [5.41, 5.74) is 2.41. The highest BCUT2D eigenvalue weighted by Gasteiger charge is 2.25. The van der Waals surface area contributed by atoms with Gasteiger partial charge in [-0.15, -0.1) is 0 Å². The molecule has 3 nitrogen and oxygen atoms in total. The highest BCUT2D eigenvalue weighted by atomic mass is 16.2. The molecule has 0 aliphatic carbocycles. The molecule has 1 amide bonds. The first-order chi connectivity index (χ1) is 12.5. The Morgan fingerprint density at radius 2 is 1.58 bits per heavy atom. The minimum atomic E-state index is -0.0878. The Bertz CT molecular complexity index is 876. The number of benzene rings is 3. The van der Waals surface area contributed by atoms with Crippen LogP contribution in [0.25, 0.3) is 10.8 Å². The topological polar surface area (TPSA) is 24.8 Å². The fourth-order valence-electron chi connectivity index (χ4n) is 3.30. The van der Waals surface area contributed by atoms with E-state index in [2.05, 4.69) is 61.6 Å². The summed E-state index contributed by atoms with van der Waals surface area (Å²) in [5.74, 6) is 0.173. The Balaban J connectivity index is 1.64. The molecule has 0 radical (unpaired) electrons. The van der Waals surface area contributed by atoms with Crippen molar-refractivity contribution in [2.75, 3.05) is 14.1 Å². The van der Waals surface area contributed by atoms with Gasteiger partial charge in [0.1, 0.15) is 6.54 Å². The van der Waals surface area contributed by atoms with Crippen LogP contribution in [-0.2, 0) is 17.9 Å². The van der Waals surface area contributed by atoms with Crippen LogP contribution in [0.2, 0.25) is 0 Å². The maximum atomic E-state index is 12.8. The van der Waals surface area contributed by atoms with Gasteiger partial charge in [-0.2, -0.15) is 0 Å². The van der Waals surface area contributed by atoms with Crippen LogP contribution in [0.1, 0.15) is 18.1 Å². The van der Waals surface area contributed by atoms with Crippen molar-refractivity contribution in [2.45, 2.75) is 26.1 Å². The molecule has 0 aromatic heterocycles. The lowest BCUT2D eigenvalue weighted by Gasteiger charge is -2.26. The van der Waals surface area contributed by atoms with Crippen molar-refractivity contribution in [2.24, 2.45) is 0 Å². The molecule has 0 fully saturated rings. The van der Waals surface area contributed by atoms with Crippen molar-refractivity contribution in [3.8, 4) is 0 Å². The van der Waals surface area contributed by atoms with E-state index in [9.17, 15) is 4.79 Å². The monoisotopic (exact) mass is 347 g/mol. The number of hydrogen-bond donors (Lipinski definition) is 1. The molecule has 134 valence electrons. The van der Waals surface area contributed by atoms with Crippen LogP contribution in [0.3, 0.4) is 0 Å². The summed E-state index contributed by atoms with van der Waals surface area (Å²) in [6.45, 7) is 3.49. The quantitative estimate of drug-likeness (QED) is 0.729. The SMILES string of the molecule is C[C@H](C(=O)N(C)Cc1ccccc1)[NH+](C)Cc1ccc2ccccc2c1. The molecule has 3 aromatic rings. The van der Waals surface area contributed by atoms with Crippen LogP contribution >= 0.6 is 0 Å². The van der Waals surface area contributed by atoms with Gasteiger partial charge in [-0.05, 0) is 29.3 Å². The van der Waals surface area contributed by atoms with Crippen LogP contribution in [-0.4, -0.2) is 30.9 Å². The zero-order valence-electron chi connectivity index (χ0n) is 15.8. The number of rotatable bonds is 6. The van der Waals surface area contributed by atoms with Gasteiger partial charge in [0.25, 0.3) is 5.91 Å². The van der Waals surface area contributed by atoms with Gasteiger partial charge in [0.2, 0.25) is 0 Å². The number of nitrogens with one attached hydrogen (secondary N) is 1. The molecule has 0 saturated heterocycles. The van der Waals surface area contributed by atoms with E-state index in [0.29, 0.717) is 6.54 Å². The van der Waals surface area contributed by atoms with Gasteiger partial charge in [0.05, 0.1) is 7.05 Å². The number of quaternary nitrogens is 1. The van der Waals surface area contributed by atoms with E-state index in [1.165, 1.54) is 21.2 Å². The van der Waals surface area contributed by atoms with Gasteiger partial charge in [-0.3, -0.25) is 4.79 Å². The zero-order chi connectivity index (χ0) is 18.5. The molecule has 0 saturated carbocycles. The van der Waals surface area contributed by atoms with E-state index >= 15 is 0 Å². The summed E-state index contributed by atoms with van der Waals surface area (Å²) >= 11 is 0. The van der Waals surface area contributed by atoms with E-state index in [-0.39, 0.29) is 11.9 Å². The van der Waals surface area contributed by atoms with Crippen molar-refractivity contribution in [3.05, 3.63) is 83.9 Å². The molecule has 2 atom stereocenters. The highest BCUT2D eigenvalue weighted by molar-refractivity contribution is 5.83. The average molecular weight is 347 g/mol. The second kappa shape index (κ2) is 8.15. The lowest BCUT2D eigenvalue weighted by molar-refractivity contribution is -0.908. The molecule has 1 N–H and O–H groups in total.